The molecule has 0 aliphatic carbocycles. The van der Waals surface area contributed by atoms with Crippen LogP contribution in [0.4, 0.5) is 0 Å². The van der Waals surface area contributed by atoms with Crippen LogP contribution in [0.15, 0.2) is 0 Å². The van der Waals surface area contributed by atoms with E-state index in [9.17, 15) is 19.2 Å². The summed E-state index contributed by atoms with van der Waals surface area (Å²) in [5.41, 5.74) is 0. The number of carbonyl (C=O) groups excluding carboxylic acids is 4. The molecule has 1 fully saturated rings. The minimum absolute atomic E-state index is 0.644. The highest BCUT2D eigenvalue weighted by atomic mass is 16.7. The Morgan fingerprint density at radius 2 is 0.812 bits per heavy atom. The number of carbonyl (C=O) groups is 4. The van der Waals surface area contributed by atoms with Gasteiger partial charge in [0.15, 0.2) is 0 Å². The van der Waals surface area contributed by atoms with Crippen LogP contribution in [0.3, 0.4) is 0 Å². The Balaban J connectivity index is 2.52. The summed E-state index contributed by atoms with van der Waals surface area (Å²) in [5.74, 6) is -3.59. The van der Waals surface area contributed by atoms with Crippen LogP contribution >= 0.6 is 0 Å². The van der Waals surface area contributed by atoms with Crippen molar-refractivity contribution in [2.75, 3.05) is 13.6 Å². The van der Waals surface area contributed by atoms with E-state index in [1.54, 1.807) is 0 Å². The van der Waals surface area contributed by atoms with E-state index < -0.39 is 50.3 Å². The lowest BCUT2D eigenvalue weighted by Gasteiger charge is -2.09. The third-order valence-electron chi connectivity index (χ3n) is 1.46. The molecule has 1 aliphatic heterocycles. The molecule has 1 rings (SSSR count). The summed E-state index contributed by atoms with van der Waals surface area (Å²) in [6.07, 6.45) is -1.29. The third-order valence-corrected chi connectivity index (χ3v) is 1.46. The molecule has 0 N–H and O–H groups in total. The molecule has 0 aromatic rings. The monoisotopic (exact) mass is 232 g/mol. The molecule has 8 nitrogen and oxygen atoms in total. The lowest BCUT2D eigenvalue weighted by molar-refractivity contribution is -0.179. The molecule has 1 heterocycles. The van der Waals surface area contributed by atoms with Crippen LogP contribution in [0, 0.1) is 0 Å². The molecule has 0 aromatic carbocycles. The molecular formula is C8H8O8. The second-order valence-corrected chi connectivity index (χ2v) is 2.65. The van der Waals surface area contributed by atoms with Gasteiger partial charge in [0.2, 0.25) is 13.6 Å². The highest BCUT2D eigenvalue weighted by Crippen LogP contribution is 1.97. The highest BCUT2D eigenvalue weighted by Gasteiger charge is 2.17. The SMILES string of the molecule is O=C1CC(=O)OCOC(=O)CC(=O)OCO1. The lowest BCUT2D eigenvalue weighted by Crippen LogP contribution is -2.22. The predicted molar refractivity (Wildman–Crippen MR) is 43.3 cm³/mol. The molecule has 0 spiro atoms. The van der Waals surface area contributed by atoms with E-state index >= 15 is 0 Å². The zero-order valence-corrected chi connectivity index (χ0v) is 8.09. The van der Waals surface area contributed by atoms with Gasteiger partial charge >= 0.3 is 23.9 Å². The molecular weight excluding hydrogens is 224 g/mol. The maximum Gasteiger partial charge on any atom is 0.320 e. The van der Waals surface area contributed by atoms with Gasteiger partial charge in [0, 0.05) is 0 Å². The summed E-state index contributed by atoms with van der Waals surface area (Å²) in [6, 6.07) is 0. The van der Waals surface area contributed by atoms with Crippen molar-refractivity contribution < 1.29 is 38.1 Å². The number of ether oxygens (including phenoxy) is 4. The van der Waals surface area contributed by atoms with Crippen LogP contribution in [0.1, 0.15) is 12.8 Å². The fraction of sp³-hybridized carbons (Fsp3) is 0.500. The average Bonchev–Trinajstić information content (AvgIpc) is 2.15. The van der Waals surface area contributed by atoms with Gasteiger partial charge in [-0.2, -0.15) is 0 Å². The van der Waals surface area contributed by atoms with Crippen LogP contribution in [0.5, 0.6) is 0 Å². The van der Waals surface area contributed by atoms with Gasteiger partial charge in [-0.3, -0.25) is 19.2 Å². The van der Waals surface area contributed by atoms with Crippen LogP contribution in [0.25, 0.3) is 0 Å². The van der Waals surface area contributed by atoms with Crippen LogP contribution in [-0.2, 0) is 38.1 Å². The summed E-state index contributed by atoms with van der Waals surface area (Å²) in [6.45, 7) is -1.31. The van der Waals surface area contributed by atoms with E-state index in [4.69, 9.17) is 0 Å². The van der Waals surface area contributed by atoms with Gasteiger partial charge in [-0.25, -0.2) is 0 Å². The Labute approximate surface area is 89.4 Å². The zero-order chi connectivity index (χ0) is 12.0. The topological polar surface area (TPSA) is 105 Å². The fourth-order valence-electron chi connectivity index (χ4n) is 0.762. The third kappa shape index (κ3) is 4.40. The number of hydrogen-bond acceptors (Lipinski definition) is 8. The van der Waals surface area contributed by atoms with Crippen LogP contribution < -0.4 is 0 Å². The van der Waals surface area contributed by atoms with Crippen LogP contribution in [0.2, 0.25) is 0 Å². The maximum absolute atomic E-state index is 10.9. The smallest absolute Gasteiger partial charge is 0.320 e. The zero-order valence-electron chi connectivity index (χ0n) is 8.09. The molecule has 1 aliphatic rings. The van der Waals surface area contributed by atoms with Crippen molar-refractivity contribution in [3.05, 3.63) is 0 Å². The van der Waals surface area contributed by atoms with E-state index in [1.165, 1.54) is 0 Å². The maximum atomic E-state index is 10.9. The van der Waals surface area contributed by atoms with Gasteiger partial charge in [-0.1, -0.05) is 0 Å². The summed E-state index contributed by atoms with van der Waals surface area (Å²) >= 11 is 0. The van der Waals surface area contributed by atoms with Crippen LogP contribution in [-0.4, -0.2) is 37.5 Å². The summed E-state index contributed by atoms with van der Waals surface area (Å²) in [5, 5.41) is 0. The largest absolute Gasteiger partial charge is 0.427 e. The first-order valence-corrected chi connectivity index (χ1v) is 4.20. The Hall–Kier alpha value is -2.12. The molecule has 0 saturated carbocycles. The first-order chi connectivity index (χ1) is 7.58. The van der Waals surface area contributed by atoms with Gasteiger partial charge < -0.3 is 18.9 Å². The van der Waals surface area contributed by atoms with Gasteiger partial charge in [-0.15, -0.1) is 0 Å². The summed E-state index contributed by atoms with van der Waals surface area (Å²) < 4.78 is 17.4. The average molecular weight is 232 g/mol. The summed E-state index contributed by atoms with van der Waals surface area (Å²) in [7, 11) is 0. The molecule has 8 heteroatoms. The molecule has 88 valence electrons. The molecule has 0 unspecified atom stereocenters. The second-order valence-electron chi connectivity index (χ2n) is 2.65. The first-order valence-electron chi connectivity index (χ1n) is 4.20. The number of rotatable bonds is 0. The van der Waals surface area contributed by atoms with Crippen molar-refractivity contribution in [3.63, 3.8) is 0 Å². The van der Waals surface area contributed by atoms with Crippen molar-refractivity contribution in [2.24, 2.45) is 0 Å². The Morgan fingerprint density at radius 1 is 0.562 bits per heavy atom. The Bertz CT molecular complexity index is 260. The standard InChI is InChI=1S/C8H8O8/c9-5-1-6(10)14-4-16-8(12)2-7(11)15-3-13-5/h1-4H2. The lowest BCUT2D eigenvalue weighted by atomic mass is 10.4. The molecule has 1 saturated heterocycles. The van der Waals surface area contributed by atoms with E-state index in [2.05, 4.69) is 18.9 Å². The summed E-state index contributed by atoms with van der Waals surface area (Å²) in [4.78, 5) is 43.4. The first kappa shape index (κ1) is 12.0. The molecule has 0 aromatic heterocycles. The van der Waals surface area contributed by atoms with Crippen molar-refractivity contribution in [3.8, 4) is 0 Å². The second kappa shape index (κ2) is 5.69. The van der Waals surface area contributed by atoms with Gasteiger partial charge in [-0.05, 0) is 0 Å². The predicted octanol–water partition coefficient (Wildman–Crippen LogP) is -1.13. The minimum Gasteiger partial charge on any atom is -0.427 e. The Kier molecular flexibility index (Phi) is 4.25. The van der Waals surface area contributed by atoms with E-state index in [-0.39, 0.29) is 0 Å². The number of hydrogen-bond donors (Lipinski definition) is 0. The van der Waals surface area contributed by atoms with Crippen molar-refractivity contribution in [2.45, 2.75) is 12.8 Å². The fourth-order valence-corrected chi connectivity index (χ4v) is 0.762. The molecule has 0 atom stereocenters. The Morgan fingerprint density at radius 3 is 1.06 bits per heavy atom. The van der Waals surface area contributed by atoms with Crippen molar-refractivity contribution in [1.82, 2.24) is 0 Å². The molecule has 0 bridgehead atoms. The molecule has 0 amide bonds. The minimum atomic E-state index is -0.898. The normalized spacial score (nSPS) is 19.5. The quantitative estimate of drug-likeness (QED) is 0.381. The number of cyclic esters (lactones) is 4. The van der Waals surface area contributed by atoms with Crippen molar-refractivity contribution >= 4 is 23.9 Å². The van der Waals surface area contributed by atoms with E-state index in [0.29, 0.717) is 0 Å². The molecule has 0 radical (unpaired) electrons. The van der Waals surface area contributed by atoms with Crippen molar-refractivity contribution in [1.29, 1.82) is 0 Å². The van der Waals surface area contributed by atoms with E-state index in [1.807, 2.05) is 0 Å². The van der Waals surface area contributed by atoms with Gasteiger partial charge in [0.05, 0.1) is 0 Å². The van der Waals surface area contributed by atoms with Gasteiger partial charge in [0.1, 0.15) is 12.8 Å². The molecule has 16 heavy (non-hydrogen) atoms. The van der Waals surface area contributed by atoms with Gasteiger partial charge in [0.25, 0.3) is 0 Å². The van der Waals surface area contributed by atoms with E-state index in [0.717, 1.165) is 0 Å². The number of esters is 4. The highest BCUT2D eigenvalue weighted by molar-refractivity contribution is 5.92.